The van der Waals surface area contributed by atoms with Gasteiger partial charge in [0, 0.05) is 17.9 Å². The van der Waals surface area contributed by atoms with Gasteiger partial charge in [-0.15, -0.1) is 0 Å². The quantitative estimate of drug-likeness (QED) is 0.707. The van der Waals surface area contributed by atoms with Gasteiger partial charge in [0.15, 0.2) is 0 Å². The highest BCUT2D eigenvalue weighted by Crippen LogP contribution is 2.17. The summed E-state index contributed by atoms with van der Waals surface area (Å²) in [5.41, 5.74) is 7.10. The summed E-state index contributed by atoms with van der Waals surface area (Å²) in [6.45, 7) is 5.50. The highest BCUT2D eigenvalue weighted by atomic mass is 19.1. The van der Waals surface area contributed by atoms with Crippen molar-refractivity contribution in [1.82, 2.24) is 0 Å². The maximum atomic E-state index is 13.1. The van der Waals surface area contributed by atoms with E-state index >= 15 is 0 Å². The van der Waals surface area contributed by atoms with E-state index in [0.717, 1.165) is 18.6 Å². The number of rotatable bonds is 8. The number of benzene rings is 1. The molecule has 0 saturated carbocycles. The third kappa shape index (κ3) is 5.05. The van der Waals surface area contributed by atoms with Crippen LogP contribution >= 0.6 is 0 Å². The van der Waals surface area contributed by atoms with Gasteiger partial charge >= 0.3 is 0 Å². The molecule has 1 rings (SSSR count). The lowest BCUT2D eigenvalue weighted by Gasteiger charge is -2.15. The van der Waals surface area contributed by atoms with Gasteiger partial charge in [-0.2, -0.15) is 0 Å². The molecule has 0 fully saturated rings. The predicted octanol–water partition coefficient (Wildman–Crippen LogP) is 4.14. The van der Waals surface area contributed by atoms with Crippen molar-refractivity contribution in [2.45, 2.75) is 46.1 Å². The Morgan fingerprint density at radius 1 is 1.33 bits per heavy atom. The van der Waals surface area contributed by atoms with E-state index in [4.69, 9.17) is 10.5 Å². The van der Waals surface area contributed by atoms with Crippen LogP contribution in [-0.4, -0.2) is 6.61 Å². The molecule has 1 atom stereocenters. The number of anilines is 1. The van der Waals surface area contributed by atoms with Crippen molar-refractivity contribution in [3.63, 3.8) is 0 Å². The lowest BCUT2D eigenvalue weighted by molar-refractivity contribution is 0.0822. The second-order valence-corrected chi connectivity index (χ2v) is 4.77. The van der Waals surface area contributed by atoms with Gasteiger partial charge in [-0.25, -0.2) is 4.39 Å². The fraction of sp³-hybridized carbons (Fsp3) is 0.600. The smallest absolute Gasteiger partial charge is 0.123 e. The summed E-state index contributed by atoms with van der Waals surface area (Å²) in [5, 5.41) is 0. The number of hydrogen-bond acceptors (Lipinski definition) is 2. The topological polar surface area (TPSA) is 35.2 Å². The Balaban J connectivity index is 2.37. The van der Waals surface area contributed by atoms with E-state index in [-0.39, 0.29) is 5.82 Å². The van der Waals surface area contributed by atoms with Crippen LogP contribution < -0.4 is 5.73 Å². The van der Waals surface area contributed by atoms with Crippen molar-refractivity contribution in [2.75, 3.05) is 12.3 Å². The van der Waals surface area contributed by atoms with E-state index in [0.29, 0.717) is 18.2 Å². The molecule has 0 aliphatic heterocycles. The lowest BCUT2D eigenvalue weighted by atomic mass is 10.0. The van der Waals surface area contributed by atoms with Crippen LogP contribution in [0.2, 0.25) is 0 Å². The average Bonchev–Trinajstić information content (AvgIpc) is 2.37. The molecule has 1 aromatic carbocycles. The Morgan fingerprint density at radius 2 is 2.11 bits per heavy atom. The van der Waals surface area contributed by atoms with Crippen LogP contribution in [0, 0.1) is 11.7 Å². The Morgan fingerprint density at radius 3 is 2.78 bits per heavy atom. The molecule has 1 aromatic rings. The first-order chi connectivity index (χ1) is 8.67. The first kappa shape index (κ1) is 15.0. The Labute approximate surface area is 109 Å². The highest BCUT2D eigenvalue weighted by molar-refractivity contribution is 5.46. The third-order valence-electron chi connectivity index (χ3n) is 3.26. The summed E-state index contributed by atoms with van der Waals surface area (Å²) in [6.07, 6.45) is 4.78. The molecular formula is C15H24FNO. The molecule has 102 valence electrons. The Hall–Kier alpha value is -1.09. The van der Waals surface area contributed by atoms with E-state index in [1.165, 1.54) is 31.4 Å². The fourth-order valence-electron chi connectivity index (χ4n) is 1.93. The van der Waals surface area contributed by atoms with Crippen molar-refractivity contribution >= 4 is 5.69 Å². The molecule has 18 heavy (non-hydrogen) atoms. The zero-order valence-corrected chi connectivity index (χ0v) is 11.4. The maximum absolute atomic E-state index is 13.1. The minimum absolute atomic E-state index is 0.263. The first-order valence-corrected chi connectivity index (χ1v) is 6.79. The molecular weight excluding hydrogens is 229 g/mol. The van der Waals surface area contributed by atoms with Gasteiger partial charge in [-0.3, -0.25) is 0 Å². The first-order valence-electron chi connectivity index (χ1n) is 6.79. The Kier molecular flexibility index (Phi) is 6.73. The summed E-state index contributed by atoms with van der Waals surface area (Å²) in [4.78, 5) is 0. The van der Waals surface area contributed by atoms with Gasteiger partial charge in [0.1, 0.15) is 5.82 Å². The maximum Gasteiger partial charge on any atom is 0.123 e. The lowest BCUT2D eigenvalue weighted by Crippen LogP contribution is -2.09. The number of nitrogens with two attached hydrogens (primary N) is 1. The highest BCUT2D eigenvalue weighted by Gasteiger charge is 2.07. The van der Waals surface area contributed by atoms with Crippen molar-refractivity contribution in [3.05, 3.63) is 29.6 Å². The van der Waals surface area contributed by atoms with Crippen molar-refractivity contribution in [3.8, 4) is 0 Å². The average molecular weight is 253 g/mol. The monoisotopic (exact) mass is 253 g/mol. The second kappa shape index (κ2) is 8.09. The van der Waals surface area contributed by atoms with E-state index in [2.05, 4.69) is 13.8 Å². The van der Waals surface area contributed by atoms with Gasteiger partial charge < -0.3 is 10.5 Å². The van der Waals surface area contributed by atoms with Crippen molar-refractivity contribution in [2.24, 2.45) is 5.92 Å². The molecule has 0 radical (unpaired) electrons. The Bertz CT molecular complexity index is 354. The molecule has 0 aliphatic rings. The van der Waals surface area contributed by atoms with E-state index in [1.807, 2.05) is 0 Å². The molecule has 0 heterocycles. The van der Waals surface area contributed by atoms with E-state index < -0.39 is 0 Å². The van der Waals surface area contributed by atoms with Crippen molar-refractivity contribution in [1.29, 1.82) is 0 Å². The van der Waals surface area contributed by atoms with Crippen LogP contribution in [0.15, 0.2) is 18.2 Å². The molecule has 2 N–H and O–H groups in total. The molecule has 0 amide bonds. The number of unbranched alkanes of at least 4 members (excludes halogenated alkanes) is 1. The molecule has 2 nitrogen and oxygen atoms in total. The van der Waals surface area contributed by atoms with Gasteiger partial charge in [-0.05, 0) is 30.5 Å². The van der Waals surface area contributed by atoms with Gasteiger partial charge in [0.05, 0.1) is 6.61 Å². The fourth-order valence-corrected chi connectivity index (χ4v) is 1.93. The van der Waals surface area contributed by atoms with Crippen LogP contribution in [-0.2, 0) is 11.3 Å². The second-order valence-electron chi connectivity index (χ2n) is 4.77. The zero-order valence-electron chi connectivity index (χ0n) is 11.4. The van der Waals surface area contributed by atoms with Crippen LogP contribution in [0.1, 0.15) is 45.1 Å². The van der Waals surface area contributed by atoms with Gasteiger partial charge in [0.2, 0.25) is 0 Å². The number of halogens is 1. The minimum atomic E-state index is -0.263. The predicted molar refractivity (Wildman–Crippen MR) is 73.8 cm³/mol. The normalized spacial score (nSPS) is 12.6. The van der Waals surface area contributed by atoms with Gasteiger partial charge in [0.25, 0.3) is 0 Å². The summed E-state index contributed by atoms with van der Waals surface area (Å²) in [7, 11) is 0. The van der Waals surface area contributed by atoms with Crippen LogP contribution in [0.25, 0.3) is 0 Å². The molecule has 0 spiro atoms. The largest absolute Gasteiger partial charge is 0.398 e. The summed E-state index contributed by atoms with van der Waals surface area (Å²) >= 11 is 0. The summed E-state index contributed by atoms with van der Waals surface area (Å²) < 4.78 is 18.7. The van der Waals surface area contributed by atoms with Gasteiger partial charge in [-0.1, -0.05) is 33.1 Å². The number of hydrogen-bond donors (Lipinski definition) is 1. The van der Waals surface area contributed by atoms with Crippen LogP contribution in [0.5, 0.6) is 0 Å². The summed E-state index contributed by atoms with van der Waals surface area (Å²) in [6, 6.07) is 4.40. The van der Waals surface area contributed by atoms with E-state index in [9.17, 15) is 4.39 Å². The molecule has 0 aromatic heterocycles. The standard InChI is InChI=1S/C15H24FNO/c1-3-5-6-12(4-2)10-18-11-13-9-14(16)7-8-15(13)17/h7-9,12H,3-6,10-11,17H2,1-2H3. The van der Waals surface area contributed by atoms with E-state index in [1.54, 1.807) is 6.07 Å². The summed E-state index contributed by atoms with van der Waals surface area (Å²) in [5.74, 6) is 0.334. The van der Waals surface area contributed by atoms with Crippen molar-refractivity contribution < 1.29 is 9.13 Å². The SMILES string of the molecule is CCCCC(CC)COCc1cc(F)ccc1N. The minimum Gasteiger partial charge on any atom is -0.398 e. The molecule has 1 unspecified atom stereocenters. The molecule has 0 bridgehead atoms. The number of ether oxygens (including phenoxy) is 1. The zero-order chi connectivity index (χ0) is 13.4. The van der Waals surface area contributed by atoms with Crippen LogP contribution in [0.3, 0.4) is 0 Å². The molecule has 0 saturated heterocycles. The number of nitrogen functional groups attached to an aromatic ring is 1. The van der Waals surface area contributed by atoms with Crippen LogP contribution in [0.4, 0.5) is 10.1 Å². The molecule has 3 heteroatoms. The molecule has 0 aliphatic carbocycles. The third-order valence-corrected chi connectivity index (χ3v) is 3.26.